The maximum Gasteiger partial charge on any atom is 0.284 e. The number of aryl methyl sites for hydroxylation is 2. The van der Waals surface area contributed by atoms with E-state index in [4.69, 9.17) is 0 Å². The molecule has 0 atom stereocenters. The minimum atomic E-state index is -0.846. The van der Waals surface area contributed by atoms with Gasteiger partial charge in [0, 0.05) is 11.9 Å². The number of benzene rings is 2. The number of fused-ring (bicyclic) bond motifs is 3. The third kappa shape index (κ3) is 3.60. The van der Waals surface area contributed by atoms with Crippen molar-refractivity contribution >= 4 is 29.2 Å². The first kappa shape index (κ1) is 20.2. The molecule has 1 aliphatic carbocycles. The van der Waals surface area contributed by atoms with Crippen LogP contribution in [0.2, 0.25) is 0 Å². The number of hydrogen-bond donors (Lipinski definition) is 1. The Labute approximate surface area is 185 Å². The lowest BCUT2D eigenvalue weighted by Gasteiger charge is -2.09. The Morgan fingerprint density at radius 2 is 1.97 bits per heavy atom. The molecule has 32 heavy (non-hydrogen) atoms. The number of amides is 1. The highest BCUT2D eigenvalue weighted by molar-refractivity contribution is 7.17. The van der Waals surface area contributed by atoms with Crippen molar-refractivity contribution in [1.29, 1.82) is 0 Å². The Kier molecular flexibility index (Phi) is 5.10. The molecular weight excluding hydrogens is 434 g/mol. The molecule has 0 saturated carbocycles. The Balaban J connectivity index is 1.52. The van der Waals surface area contributed by atoms with Gasteiger partial charge in [-0.25, -0.2) is 18.7 Å². The van der Waals surface area contributed by atoms with Gasteiger partial charge in [0.25, 0.3) is 5.91 Å². The molecule has 2 aromatic carbocycles. The van der Waals surface area contributed by atoms with E-state index in [9.17, 15) is 18.4 Å². The van der Waals surface area contributed by atoms with Crippen molar-refractivity contribution in [3.8, 4) is 16.1 Å². The van der Waals surface area contributed by atoms with E-state index in [0.717, 1.165) is 52.4 Å². The van der Waals surface area contributed by atoms with Crippen LogP contribution in [0.15, 0.2) is 48.9 Å². The van der Waals surface area contributed by atoms with Gasteiger partial charge >= 0.3 is 0 Å². The molecule has 0 saturated heterocycles. The summed E-state index contributed by atoms with van der Waals surface area (Å²) in [6.45, 7) is 0. The summed E-state index contributed by atoms with van der Waals surface area (Å²) in [6, 6.07) is 9.36. The third-order valence-electron chi connectivity index (χ3n) is 5.31. The lowest BCUT2D eigenvalue weighted by Crippen LogP contribution is -2.14. The fourth-order valence-corrected chi connectivity index (χ4v) is 4.81. The fraction of sp³-hybridized carbons (Fsp3) is 0.130. The number of halogens is 2. The van der Waals surface area contributed by atoms with Gasteiger partial charge in [-0.15, -0.1) is 11.3 Å². The molecule has 6 nitrogen and oxygen atoms in total. The number of aromatic nitrogens is 3. The van der Waals surface area contributed by atoms with Crippen LogP contribution < -0.4 is 5.32 Å². The number of hydrogen-bond acceptors (Lipinski definition) is 5. The van der Waals surface area contributed by atoms with Gasteiger partial charge in [0.2, 0.25) is 0 Å². The summed E-state index contributed by atoms with van der Waals surface area (Å²) in [5.74, 6) is -2.35. The zero-order valence-corrected chi connectivity index (χ0v) is 17.5. The number of nitrogens with one attached hydrogen (secondary N) is 1. The molecule has 5 rings (SSSR count). The average molecular weight is 450 g/mol. The van der Waals surface area contributed by atoms with Gasteiger partial charge in [-0.3, -0.25) is 9.59 Å². The predicted molar refractivity (Wildman–Crippen MR) is 116 cm³/mol. The summed E-state index contributed by atoms with van der Waals surface area (Å²) in [6.07, 6.45) is 6.32. The van der Waals surface area contributed by atoms with Gasteiger partial charge in [0.15, 0.2) is 11.3 Å². The van der Waals surface area contributed by atoms with Crippen molar-refractivity contribution in [2.24, 2.45) is 0 Å². The molecule has 0 fully saturated rings. The van der Waals surface area contributed by atoms with Crippen LogP contribution in [-0.2, 0) is 12.8 Å². The molecule has 0 unspecified atom stereocenters. The molecule has 160 valence electrons. The van der Waals surface area contributed by atoms with Gasteiger partial charge in [-0.05, 0) is 54.7 Å². The lowest BCUT2D eigenvalue weighted by molar-refractivity contribution is 0.102. The molecule has 2 heterocycles. The van der Waals surface area contributed by atoms with Crippen LogP contribution in [0.3, 0.4) is 0 Å². The van der Waals surface area contributed by atoms with Crippen molar-refractivity contribution in [2.75, 3.05) is 5.32 Å². The number of imidazole rings is 1. The maximum absolute atomic E-state index is 13.9. The number of carbonyl (C=O) groups excluding carboxylic acids is 2. The molecule has 0 spiro atoms. The zero-order valence-electron chi connectivity index (χ0n) is 16.6. The second-order valence-corrected chi connectivity index (χ2v) is 8.36. The lowest BCUT2D eigenvalue weighted by atomic mass is 10.0. The number of carbonyl (C=O) groups is 2. The zero-order chi connectivity index (χ0) is 22.2. The molecular formula is C23H16F2N4O2S. The van der Waals surface area contributed by atoms with Gasteiger partial charge in [0.1, 0.15) is 29.3 Å². The SMILES string of the molecule is O=Cc1cn(-c2ccc3c(c2)-c2sc(C(=O)Nc4c(F)cccc4F)nc2CCC3)cn1. The summed E-state index contributed by atoms with van der Waals surface area (Å²) in [4.78, 5) is 33.1. The van der Waals surface area contributed by atoms with Gasteiger partial charge < -0.3 is 9.88 Å². The molecule has 1 amide bonds. The van der Waals surface area contributed by atoms with Crippen molar-refractivity contribution in [3.63, 3.8) is 0 Å². The molecule has 4 aromatic rings. The van der Waals surface area contributed by atoms with E-state index < -0.39 is 23.2 Å². The molecule has 1 N–H and O–H groups in total. The smallest absolute Gasteiger partial charge is 0.284 e. The minimum Gasteiger partial charge on any atom is -0.315 e. The molecule has 1 aliphatic rings. The summed E-state index contributed by atoms with van der Waals surface area (Å²) in [5, 5.41) is 2.44. The van der Waals surface area contributed by atoms with Crippen LogP contribution in [0.25, 0.3) is 16.1 Å². The number of thiazole rings is 1. The van der Waals surface area contributed by atoms with E-state index in [1.54, 1.807) is 17.1 Å². The van der Waals surface area contributed by atoms with E-state index in [-0.39, 0.29) is 5.01 Å². The van der Waals surface area contributed by atoms with Gasteiger partial charge in [-0.2, -0.15) is 0 Å². The Morgan fingerprint density at radius 1 is 1.16 bits per heavy atom. The van der Waals surface area contributed by atoms with E-state index in [0.29, 0.717) is 18.4 Å². The summed E-state index contributed by atoms with van der Waals surface area (Å²) in [7, 11) is 0. The first-order valence-corrected chi connectivity index (χ1v) is 10.7. The van der Waals surface area contributed by atoms with Crippen molar-refractivity contribution in [2.45, 2.75) is 19.3 Å². The van der Waals surface area contributed by atoms with Crippen molar-refractivity contribution in [3.05, 3.63) is 82.5 Å². The van der Waals surface area contributed by atoms with E-state index in [2.05, 4.69) is 15.3 Å². The third-order valence-corrected chi connectivity index (χ3v) is 6.44. The largest absolute Gasteiger partial charge is 0.315 e. The van der Waals surface area contributed by atoms with Crippen molar-refractivity contribution in [1.82, 2.24) is 14.5 Å². The fourth-order valence-electron chi connectivity index (χ4n) is 3.75. The molecule has 0 bridgehead atoms. The number of para-hydroxylation sites is 1. The Hall–Kier alpha value is -3.72. The minimum absolute atomic E-state index is 0.141. The van der Waals surface area contributed by atoms with E-state index in [1.165, 1.54) is 17.4 Å². The van der Waals surface area contributed by atoms with Crippen LogP contribution >= 0.6 is 11.3 Å². The first-order valence-electron chi connectivity index (χ1n) is 9.91. The van der Waals surface area contributed by atoms with Crippen LogP contribution in [0, 0.1) is 11.6 Å². The highest BCUT2D eigenvalue weighted by Gasteiger charge is 2.24. The topological polar surface area (TPSA) is 76.9 Å². The standard InChI is InChI=1S/C23H16F2N4O2S/c24-17-4-2-5-18(25)20(17)28-22(31)23-27-19-6-1-3-13-7-8-15(9-16(13)21(19)32-23)29-10-14(11-30)26-12-29/h2,4-5,7-12H,1,3,6H2,(H,28,31). The molecule has 2 aromatic heterocycles. The number of nitrogens with zero attached hydrogens (tertiary/aromatic N) is 3. The highest BCUT2D eigenvalue weighted by Crippen LogP contribution is 2.38. The average Bonchev–Trinajstić information content (AvgIpc) is 3.41. The van der Waals surface area contributed by atoms with E-state index in [1.807, 2.05) is 18.2 Å². The summed E-state index contributed by atoms with van der Waals surface area (Å²) in [5.41, 5.74) is 3.52. The van der Waals surface area contributed by atoms with E-state index >= 15 is 0 Å². The van der Waals surface area contributed by atoms with Gasteiger partial charge in [0.05, 0.1) is 10.6 Å². The van der Waals surface area contributed by atoms with Crippen molar-refractivity contribution < 1.29 is 18.4 Å². The molecule has 9 heteroatoms. The molecule has 0 aliphatic heterocycles. The predicted octanol–water partition coefficient (Wildman–Crippen LogP) is 4.83. The highest BCUT2D eigenvalue weighted by atomic mass is 32.1. The second-order valence-electron chi connectivity index (χ2n) is 7.36. The quantitative estimate of drug-likeness (QED) is 0.452. The molecule has 0 radical (unpaired) electrons. The maximum atomic E-state index is 13.9. The van der Waals surface area contributed by atoms with Crippen LogP contribution in [0.4, 0.5) is 14.5 Å². The first-order chi connectivity index (χ1) is 15.5. The van der Waals surface area contributed by atoms with Crippen LogP contribution in [0.5, 0.6) is 0 Å². The number of rotatable bonds is 4. The Bertz CT molecular complexity index is 1340. The summed E-state index contributed by atoms with van der Waals surface area (Å²) < 4.78 is 29.6. The number of anilines is 1. The monoisotopic (exact) mass is 450 g/mol. The van der Waals surface area contributed by atoms with Gasteiger partial charge in [-0.1, -0.05) is 12.1 Å². The normalized spacial score (nSPS) is 12.6. The van der Waals surface area contributed by atoms with Crippen LogP contribution in [-0.4, -0.2) is 26.7 Å². The number of aldehydes is 1. The van der Waals surface area contributed by atoms with Crippen LogP contribution in [0.1, 0.15) is 38.0 Å². The second kappa shape index (κ2) is 8.08. The Morgan fingerprint density at radius 3 is 2.72 bits per heavy atom. The summed E-state index contributed by atoms with van der Waals surface area (Å²) >= 11 is 1.19.